The second-order valence-corrected chi connectivity index (χ2v) is 12.0. The Morgan fingerprint density at radius 2 is 1.87 bits per heavy atom. The zero-order chi connectivity index (χ0) is 28.6. The van der Waals surface area contributed by atoms with Crippen molar-refractivity contribution >= 4 is 60.6 Å². The summed E-state index contributed by atoms with van der Waals surface area (Å²) in [4.78, 5) is 26.5. The Bertz CT molecular complexity index is 1850. The minimum atomic E-state index is -3.79. The standard InChI is InChI=1S/C26H23F2IN5O4S/c1-5-11-34-25(35)20-23(30-19-10-9-16(29)13-18(19)27)21(28)26(36)33(4)24(20)22(31-34)15-7-6-8-17(12-15)32-39(37,38)14(2)3/h5-10,12-14,30,32H,1-2,11H2,3-4H3. The molecule has 4 rings (SSSR count). The van der Waals surface area contributed by atoms with Crippen molar-refractivity contribution in [2.75, 3.05) is 10.0 Å². The fourth-order valence-corrected chi connectivity index (χ4v) is 4.97. The molecule has 0 fully saturated rings. The third-order valence-corrected chi connectivity index (χ3v) is 8.10. The smallest absolute Gasteiger partial charge is 0.289 e. The minimum Gasteiger partial charge on any atom is -0.350 e. The fourth-order valence-electron chi connectivity index (χ4n) is 3.86. The van der Waals surface area contributed by atoms with Gasteiger partial charge in [0.05, 0.1) is 34.1 Å². The zero-order valence-corrected chi connectivity index (χ0v) is 23.8. The molecule has 4 aromatic rings. The number of aryl methyl sites for hydroxylation is 1. The Morgan fingerprint density at radius 3 is 2.51 bits per heavy atom. The molecule has 0 spiro atoms. The van der Waals surface area contributed by atoms with Gasteiger partial charge in [-0.15, -0.1) is 6.58 Å². The maximum absolute atomic E-state index is 15.5. The normalized spacial score (nSPS) is 11.7. The van der Waals surface area contributed by atoms with Gasteiger partial charge < -0.3 is 9.88 Å². The molecule has 2 heterocycles. The molecule has 9 nitrogen and oxygen atoms in total. The van der Waals surface area contributed by atoms with Gasteiger partial charge >= 0.3 is 0 Å². The van der Waals surface area contributed by atoms with Crippen LogP contribution >= 0.6 is 22.6 Å². The Kier molecular flexibility index (Phi) is 7.93. The van der Waals surface area contributed by atoms with Crippen LogP contribution in [0.1, 0.15) is 6.92 Å². The first-order valence-corrected chi connectivity index (χ1v) is 14.1. The summed E-state index contributed by atoms with van der Waals surface area (Å²) in [6.45, 7) is 8.53. The van der Waals surface area contributed by atoms with Gasteiger partial charge in [-0.1, -0.05) is 18.2 Å². The van der Waals surface area contributed by atoms with Gasteiger partial charge in [-0.25, -0.2) is 17.5 Å². The molecule has 0 amide bonds. The highest BCUT2D eigenvalue weighted by Crippen LogP contribution is 2.32. The maximum Gasteiger partial charge on any atom is 0.289 e. The Labute approximate surface area is 236 Å². The number of allylic oxidation sites excluding steroid dienone is 1. The van der Waals surface area contributed by atoms with Crippen molar-refractivity contribution in [3.8, 4) is 11.3 Å². The van der Waals surface area contributed by atoms with E-state index in [2.05, 4.69) is 28.6 Å². The van der Waals surface area contributed by atoms with Crippen LogP contribution in [0, 0.1) is 22.1 Å². The highest BCUT2D eigenvalue weighted by molar-refractivity contribution is 14.1. The number of nitrogens with one attached hydrogen (secondary N) is 2. The third-order valence-electron chi connectivity index (χ3n) is 5.85. The molecule has 2 aromatic carbocycles. The van der Waals surface area contributed by atoms with E-state index in [0.29, 0.717) is 9.13 Å². The maximum atomic E-state index is 15.5. The summed E-state index contributed by atoms with van der Waals surface area (Å²) in [7, 11) is -2.51. The lowest BCUT2D eigenvalue weighted by atomic mass is 10.1. The van der Waals surface area contributed by atoms with Crippen LogP contribution in [-0.2, 0) is 23.6 Å². The molecule has 39 heavy (non-hydrogen) atoms. The van der Waals surface area contributed by atoms with Crippen LogP contribution in [0.25, 0.3) is 22.2 Å². The quantitative estimate of drug-likeness (QED) is 0.211. The van der Waals surface area contributed by atoms with E-state index in [9.17, 15) is 22.4 Å². The lowest BCUT2D eigenvalue weighted by molar-refractivity contribution is 0.595. The van der Waals surface area contributed by atoms with Crippen molar-refractivity contribution in [2.24, 2.45) is 7.05 Å². The minimum absolute atomic E-state index is 0.0364. The summed E-state index contributed by atoms with van der Waals surface area (Å²) in [5.41, 5.74) is -1.93. The molecule has 0 aliphatic heterocycles. The van der Waals surface area contributed by atoms with Gasteiger partial charge in [0, 0.05) is 21.9 Å². The van der Waals surface area contributed by atoms with Gasteiger partial charge in [-0.2, -0.15) is 9.49 Å². The molecule has 1 unspecified atom stereocenters. The molecule has 0 bridgehead atoms. The number of aromatic nitrogens is 3. The number of rotatable bonds is 8. The summed E-state index contributed by atoms with van der Waals surface area (Å²) < 4.78 is 59.9. The monoisotopic (exact) mass is 666 g/mol. The largest absolute Gasteiger partial charge is 0.350 e. The van der Waals surface area contributed by atoms with Gasteiger partial charge in [0.1, 0.15) is 11.5 Å². The average Bonchev–Trinajstić information content (AvgIpc) is 2.87. The summed E-state index contributed by atoms with van der Waals surface area (Å²) in [6.07, 6.45) is 1.41. The number of nitrogens with zero attached hydrogens (tertiary/aromatic N) is 3. The molecule has 1 atom stereocenters. The van der Waals surface area contributed by atoms with Crippen molar-refractivity contribution in [3.05, 3.63) is 98.0 Å². The number of benzene rings is 2. The Balaban J connectivity index is 2.07. The fraction of sp³-hybridized carbons (Fsp3) is 0.154. The topological polar surface area (TPSA) is 115 Å². The molecule has 203 valence electrons. The van der Waals surface area contributed by atoms with Crippen LogP contribution in [0.3, 0.4) is 0 Å². The first-order valence-electron chi connectivity index (χ1n) is 11.5. The number of fused-ring (bicyclic) bond motifs is 1. The molecule has 0 saturated heterocycles. The second-order valence-electron chi connectivity index (χ2n) is 8.69. The van der Waals surface area contributed by atoms with Crippen molar-refractivity contribution < 1.29 is 17.2 Å². The third kappa shape index (κ3) is 5.45. The predicted octanol–water partition coefficient (Wildman–Crippen LogP) is 4.54. The number of anilines is 3. The summed E-state index contributed by atoms with van der Waals surface area (Å²) in [5.74, 6) is -2.00. The molecule has 0 aliphatic rings. The second kappa shape index (κ2) is 10.9. The molecule has 0 saturated carbocycles. The Morgan fingerprint density at radius 1 is 1.15 bits per heavy atom. The molecule has 1 radical (unpaired) electrons. The number of pyridine rings is 1. The molecular weight excluding hydrogens is 643 g/mol. The van der Waals surface area contributed by atoms with E-state index >= 15 is 4.39 Å². The van der Waals surface area contributed by atoms with Gasteiger partial charge in [0.2, 0.25) is 15.8 Å². The molecule has 13 heteroatoms. The van der Waals surface area contributed by atoms with Crippen LogP contribution in [-0.4, -0.2) is 28.0 Å². The summed E-state index contributed by atoms with van der Waals surface area (Å²) in [6, 6.07) is 10.3. The van der Waals surface area contributed by atoms with Crippen molar-refractivity contribution in [1.29, 1.82) is 0 Å². The van der Waals surface area contributed by atoms with Gasteiger partial charge in [-0.3, -0.25) is 14.3 Å². The lowest BCUT2D eigenvalue weighted by Gasteiger charge is -2.18. The lowest BCUT2D eigenvalue weighted by Crippen LogP contribution is -2.30. The molecule has 2 aromatic heterocycles. The van der Waals surface area contributed by atoms with Gasteiger partial charge in [0.15, 0.2) is 0 Å². The van der Waals surface area contributed by atoms with Crippen LogP contribution < -0.4 is 21.2 Å². The summed E-state index contributed by atoms with van der Waals surface area (Å²) >= 11 is 1.91. The van der Waals surface area contributed by atoms with E-state index in [1.165, 1.54) is 44.3 Å². The van der Waals surface area contributed by atoms with E-state index in [4.69, 9.17) is 0 Å². The van der Waals surface area contributed by atoms with Crippen LogP contribution in [0.15, 0.2) is 64.7 Å². The number of sulfonamides is 1. The van der Waals surface area contributed by atoms with Gasteiger partial charge in [-0.05, 0) is 66.8 Å². The first-order chi connectivity index (χ1) is 18.4. The van der Waals surface area contributed by atoms with E-state index in [0.717, 1.165) is 9.25 Å². The zero-order valence-electron chi connectivity index (χ0n) is 20.8. The number of hydrogen-bond donors (Lipinski definition) is 2. The number of hydrogen-bond acceptors (Lipinski definition) is 6. The van der Waals surface area contributed by atoms with E-state index in [1.54, 1.807) is 18.2 Å². The highest BCUT2D eigenvalue weighted by atomic mass is 127. The SMILES string of the molecule is [CH2]C(C)S(=O)(=O)Nc1cccc(-c2nn(CC=C)c(=O)c3c(Nc4ccc(I)cc4F)c(F)c(=O)n(C)c23)c1. The van der Waals surface area contributed by atoms with Gasteiger partial charge in [0.25, 0.3) is 11.1 Å². The van der Waals surface area contributed by atoms with Crippen molar-refractivity contribution in [3.63, 3.8) is 0 Å². The van der Waals surface area contributed by atoms with Crippen LogP contribution in [0.2, 0.25) is 0 Å². The molecule has 0 aliphatic carbocycles. The van der Waals surface area contributed by atoms with E-state index < -0.39 is 43.7 Å². The molecule has 2 N–H and O–H groups in total. The van der Waals surface area contributed by atoms with Crippen LogP contribution in [0.4, 0.5) is 25.8 Å². The molecular formula is C26H23F2IN5O4S. The van der Waals surface area contributed by atoms with E-state index in [-0.39, 0.29) is 34.5 Å². The van der Waals surface area contributed by atoms with Crippen molar-refractivity contribution in [1.82, 2.24) is 14.3 Å². The van der Waals surface area contributed by atoms with E-state index in [1.807, 2.05) is 22.6 Å². The van der Waals surface area contributed by atoms with Crippen molar-refractivity contribution in [2.45, 2.75) is 18.7 Å². The van der Waals surface area contributed by atoms with Crippen LogP contribution in [0.5, 0.6) is 0 Å². The summed E-state index contributed by atoms with van der Waals surface area (Å²) in [5, 5.41) is 5.79. The average molecular weight is 666 g/mol. The number of halogens is 3. The Hall–Kier alpha value is -3.59. The first kappa shape index (κ1) is 28.4. The highest BCUT2D eigenvalue weighted by Gasteiger charge is 2.25. The predicted molar refractivity (Wildman–Crippen MR) is 157 cm³/mol.